The second-order valence-corrected chi connectivity index (χ2v) is 12.5. The number of hydrogen-bond acceptors (Lipinski definition) is 13. The number of aliphatic hydroxyl groups is 1. The van der Waals surface area contributed by atoms with Crippen molar-refractivity contribution < 1.29 is 42.2 Å². The summed E-state index contributed by atoms with van der Waals surface area (Å²) in [6.45, 7) is 6.56. The summed E-state index contributed by atoms with van der Waals surface area (Å²) in [5, 5.41) is 12.3. The minimum Gasteiger partial charge on any atom is -0.476 e. The third kappa shape index (κ3) is 6.11. The molecule has 0 unspecified atom stereocenters. The first-order valence-corrected chi connectivity index (χ1v) is 15.3. The summed E-state index contributed by atoms with van der Waals surface area (Å²) in [6, 6.07) is 7.01. The Labute approximate surface area is 247 Å². The van der Waals surface area contributed by atoms with E-state index in [1.165, 1.54) is 17.8 Å². The van der Waals surface area contributed by atoms with Crippen LogP contribution < -0.4 is 10.5 Å². The van der Waals surface area contributed by atoms with Crippen molar-refractivity contribution in [2.24, 2.45) is 5.92 Å². The molecule has 16 heteroatoms. The molecule has 2 fully saturated rings. The Morgan fingerprint density at radius 3 is 2.86 bits per heavy atom. The molecule has 0 saturated carbocycles. The number of hydrogen-bond donors (Lipinski definition) is 2. The summed E-state index contributed by atoms with van der Waals surface area (Å²) in [7, 11) is -4.08. The number of nitrogen functional groups attached to an aromatic ring is 1. The van der Waals surface area contributed by atoms with Gasteiger partial charge in [-0.2, -0.15) is 9.97 Å². The molecule has 2 aliphatic rings. The van der Waals surface area contributed by atoms with E-state index < -0.39 is 56.5 Å². The summed E-state index contributed by atoms with van der Waals surface area (Å²) in [5.41, 5.74) is 5.32. The SMILES string of the molecule is CCOc1nc(N)nc2c1ncn2[C@@H]1O[C@H](CO[P@@]2(=O)OCC[C@@H](c3cccc(Cl)c3)O2)[C@@H](OC(=O)C(C)C)[C@@]1(C)O. The Morgan fingerprint density at radius 1 is 1.36 bits per heavy atom. The van der Waals surface area contributed by atoms with Gasteiger partial charge in [0, 0.05) is 11.4 Å². The number of carbonyl (C=O) groups excluding carboxylic acids is 1. The first-order chi connectivity index (χ1) is 19.9. The first-order valence-electron chi connectivity index (χ1n) is 13.5. The quantitative estimate of drug-likeness (QED) is 0.258. The van der Waals surface area contributed by atoms with E-state index in [9.17, 15) is 14.5 Å². The predicted octanol–water partition coefficient (Wildman–Crippen LogP) is 3.98. The Bertz CT molecular complexity index is 1500. The van der Waals surface area contributed by atoms with Gasteiger partial charge in [0.2, 0.25) is 11.8 Å². The van der Waals surface area contributed by atoms with Gasteiger partial charge in [-0.1, -0.05) is 37.6 Å². The maximum Gasteiger partial charge on any atom is 0.475 e. The van der Waals surface area contributed by atoms with Gasteiger partial charge in [-0.05, 0) is 31.5 Å². The number of ether oxygens (including phenoxy) is 3. The van der Waals surface area contributed by atoms with Gasteiger partial charge in [-0.3, -0.25) is 22.9 Å². The van der Waals surface area contributed by atoms with Gasteiger partial charge in [-0.15, -0.1) is 0 Å². The van der Waals surface area contributed by atoms with Crippen molar-refractivity contribution in [1.82, 2.24) is 19.5 Å². The zero-order valence-corrected chi connectivity index (χ0v) is 25.2. The van der Waals surface area contributed by atoms with E-state index in [1.54, 1.807) is 45.0 Å². The van der Waals surface area contributed by atoms with Gasteiger partial charge in [0.15, 0.2) is 23.5 Å². The number of nitrogens with zero attached hydrogens (tertiary/aromatic N) is 4. The second-order valence-electron chi connectivity index (χ2n) is 10.4. The van der Waals surface area contributed by atoms with Crippen LogP contribution in [0, 0.1) is 5.92 Å². The number of fused-ring (bicyclic) bond motifs is 1. The Hall–Kier alpha value is -2.84. The number of benzene rings is 1. The molecule has 6 atom stereocenters. The molecule has 0 spiro atoms. The van der Waals surface area contributed by atoms with Crippen molar-refractivity contribution in [3.05, 3.63) is 41.2 Å². The molecule has 4 heterocycles. The molecule has 1 aromatic carbocycles. The van der Waals surface area contributed by atoms with E-state index in [4.69, 9.17) is 45.1 Å². The molecule has 2 aromatic heterocycles. The van der Waals surface area contributed by atoms with E-state index >= 15 is 0 Å². The summed E-state index contributed by atoms with van der Waals surface area (Å²) < 4.78 is 49.2. The number of esters is 1. The van der Waals surface area contributed by atoms with Gasteiger partial charge in [0.05, 0.1) is 38.2 Å². The fraction of sp³-hybridized carbons (Fsp3) is 0.538. The number of halogens is 1. The molecule has 0 bridgehead atoms. The van der Waals surface area contributed by atoms with Gasteiger partial charge in [-0.25, -0.2) is 9.55 Å². The zero-order chi connectivity index (χ0) is 30.2. The van der Waals surface area contributed by atoms with Crippen molar-refractivity contribution in [2.45, 2.75) is 64.3 Å². The molecular formula is C26H33ClN5O9P. The lowest BCUT2D eigenvalue weighted by Gasteiger charge is -2.31. The average molecular weight is 626 g/mol. The third-order valence-electron chi connectivity index (χ3n) is 6.88. The standard InChI is InChI=1S/C26H33ClN5O9P/c1-5-36-22-19-21(30-25(28)31-22)32(13-29-19)24-26(4,34)20(40-23(33)14(2)3)18(39-24)12-38-42(35)37-10-9-17(41-42)15-7-6-8-16(27)11-15/h6-8,11,13-14,17-18,20,24,34H,5,9-10,12H2,1-4H3,(H2,28,30,31)/t17-,18+,20+,24+,26+,42+/m0/s1. The summed E-state index contributed by atoms with van der Waals surface area (Å²) in [6.07, 6.45) is -2.29. The molecule has 14 nitrogen and oxygen atoms in total. The molecule has 0 radical (unpaired) electrons. The third-order valence-corrected chi connectivity index (χ3v) is 8.59. The normalized spacial score (nSPS) is 29.7. The number of carbonyl (C=O) groups is 1. The van der Waals surface area contributed by atoms with Crippen molar-refractivity contribution in [2.75, 3.05) is 25.6 Å². The number of rotatable bonds is 9. The van der Waals surface area contributed by atoms with E-state index in [2.05, 4.69) is 15.0 Å². The maximum atomic E-state index is 13.5. The lowest BCUT2D eigenvalue weighted by Crippen LogP contribution is -2.47. The smallest absolute Gasteiger partial charge is 0.475 e. The second kappa shape index (κ2) is 12.0. The van der Waals surface area contributed by atoms with Crippen molar-refractivity contribution in [3.63, 3.8) is 0 Å². The van der Waals surface area contributed by atoms with E-state index in [-0.39, 0.29) is 24.1 Å². The van der Waals surface area contributed by atoms with Crippen molar-refractivity contribution >= 4 is 42.5 Å². The minimum atomic E-state index is -4.08. The largest absolute Gasteiger partial charge is 0.476 e. The number of anilines is 1. The Kier molecular flexibility index (Phi) is 8.77. The molecular weight excluding hydrogens is 593 g/mol. The molecule has 3 N–H and O–H groups in total. The van der Waals surface area contributed by atoms with Crippen LogP contribution in [0.15, 0.2) is 30.6 Å². The molecule has 0 aliphatic carbocycles. The molecule has 2 saturated heterocycles. The monoisotopic (exact) mass is 625 g/mol. The minimum absolute atomic E-state index is 0.0769. The fourth-order valence-electron chi connectivity index (χ4n) is 4.81. The number of phosphoric ester groups is 1. The van der Waals surface area contributed by atoms with Crippen LogP contribution in [0.1, 0.15) is 52.0 Å². The van der Waals surface area contributed by atoms with E-state index in [1.807, 2.05) is 0 Å². The average Bonchev–Trinajstić information content (AvgIpc) is 3.45. The van der Waals surface area contributed by atoms with Crippen LogP contribution >= 0.6 is 19.4 Å². The predicted molar refractivity (Wildman–Crippen MR) is 150 cm³/mol. The molecule has 2 aliphatic heterocycles. The van der Waals surface area contributed by atoms with Gasteiger partial charge >= 0.3 is 13.8 Å². The van der Waals surface area contributed by atoms with Crippen LogP contribution in [0.25, 0.3) is 11.2 Å². The number of phosphoric acid groups is 1. The molecule has 3 aromatic rings. The van der Waals surface area contributed by atoms with Crippen LogP contribution in [-0.4, -0.2) is 68.2 Å². The van der Waals surface area contributed by atoms with Crippen molar-refractivity contribution in [1.29, 1.82) is 0 Å². The summed E-state index contributed by atoms with van der Waals surface area (Å²) in [4.78, 5) is 25.4. The van der Waals surface area contributed by atoms with Gasteiger partial charge in [0.25, 0.3) is 0 Å². The summed E-state index contributed by atoms with van der Waals surface area (Å²) >= 11 is 6.12. The Balaban J connectivity index is 1.42. The highest BCUT2D eigenvalue weighted by Crippen LogP contribution is 2.57. The molecule has 42 heavy (non-hydrogen) atoms. The highest BCUT2D eigenvalue weighted by atomic mass is 35.5. The Morgan fingerprint density at radius 2 is 2.14 bits per heavy atom. The van der Waals surface area contributed by atoms with Crippen LogP contribution in [0.4, 0.5) is 5.95 Å². The maximum absolute atomic E-state index is 13.5. The van der Waals surface area contributed by atoms with Gasteiger partial charge < -0.3 is 25.1 Å². The van der Waals surface area contributed by atoms with Gasteiger partial charge in [0.1, 0.15) is 11.7 Å². The lowest BCUT2D eigenvalue weighted by molar-refractivity contribution is -0.167. The van der Waals surface area contributed by atoms with Crippen LogP contribution in [0.5, 0.6) is 5.88 Å². The highest BCUT2D eigenvalue weighted by molar-refractivity contribution is 7.48. The molecule has 0 amide bonds. The zero-order valence-electron chi connectivity index (χ0n) is 23.5. The lowest BCUT2D eigenvalue weighted by atomic mass is 9.96. The number of aromatic nitrogens is 4. The van der Waals surface area contributed by atoms with Crippen molar-refractivity contribution in [3.8, 4) is 5.88 Å². The first kappa shape index (κ1) is 30.6. The number of imidazole rings is 1. The highest BCUT2D eigenvalue weighted by Gasteiger charge is 2.57. The van der Waals surface area contributed by atoms with Crippen LogP contribution in [-0.2, 0) is 32.4 Å². The van der Waals surface area contributed by atoms with Crippen LogP contribution in [0.3, 0.4) is 0 Å². The van der Waals surface area contributed by atoms with E-state index in [0.29, 0.717) is 23.6 Å². The molecule has 5 rings (SSSR count). The topological polar surface area (TPSA) is 179 Å². The fourth-order valence-corrected chi connectivity index (χ4v) is 6.41. The van der Waals surface area contributed by atoms with E-state index in [0.717, 1.165) is 5.56 Å². The number of nitrogens with two attached hydrogens (primary N) is 1. The summed E-state index contributed by atoms with van der Waals surface area (Å²) in [5.74, 6) is -0.989. The van der Waals surface area contributed by atoms with Crippen LogP contribution in [0.2, 0.25) is 5.02 Å². The molecule has 228 valence electrons.